The van der Waals surface area contributed by atoms with Gasteiger partial charge in [-0.3, -0.25) is 4.98 Å². The summed E-state index contributed by atoms with van der Waals surface area (Å²) in [5.41, 5.74) is 4.89. The molecule has 218 valence electrons. The summed E-state index contributed by atoms with van der Waals surface area (Å²) < 4.78 is 52.7. The molecule has 1 aromatic carbocycles. The predicted octanol–water partition coefficient (Wildman–Crippen LogP) is 6.99. The van der Waals surface area contributed by atoms with Gasteiger partial charge in [-0.05, 0) is 98.4 Å². The molecule has 5 nitrogen and oxygen atoms in total. The van der Waals surface area contributed by atoms with Crippen LogP contribution in [0.5, 0.6) is 0 Å². The fourth-order valence-electron chi connectivity index (χ4n) is 8.78. The molecule has 3 fully saturated rings. The molecular formula is C33H37F3N2O3. The molecule has 5 aliphatic rings. The molecule has 1 aromatic heterocycles. The third-order valence-corrected chi connectivity index (χ3v) is 11.0. The second-order valence-electron chi connectivity index (χ2n) is 13.2. The molecule has 0 amide bonds. The SMILES string of the molecule is N#Cc1cc([C@H]2CCC3(CCOCC3)c3c4c(nc(C5CCOCC5)c32)CC2(CCC2)CC4O)ccc1C(F)(F)F. The van der Waals surface area contributed by atoms with E-state index < -0.39 is 17.8 Å². The normalized spacial score (nSPS) is 27.1. The van der Waals surface area contributed by atoms with Crippen LogP contribution in [0.25, 0.3) is 0 Å². The molecule has 0 radical (unpaired) electrons. The lowest BCUT2D eigenvalue weighted by Gasteiger charge is -2.52. The van der Waals surface area contributed by atoms with Crippen molar-refractivity contribution in [3.05, 3.63) is 63.0 Å². The van der Waals surface area contributed by atoms with E-state index in [-0.39, 0.29) is 28.2 Å². The largest absolute Gasteiger partial charge is 0.417 e. The summed E-state index contributed by atoms with van der Waals surface area (Å²) in [7, 11) is 0. The Bertz CT molecular complexity index is 1380. The number of aromatic nitrogens is 1. The van der Waals surface area contributed by atoms with Crippen molar-refractivity contribution in [2.75, 3.05) is 26.4 Å². The maximum absolute atomic E-state index is 13.7. The van der Waals surface area contributed by atoms with Crippen LogP contribution in [0, 0.1) is 16.7 Å². The van der Waals surface area contributed by atoms with E-state index in [9.17, 15) is 23.5 Å². The zero-order valence-corrected chi connectivity index (χ0v) is 23.4. The highest BCUT2D eigenvalue weighted by Gasteiger charge is 2.51. The van der Waals surface area contributed by atoms with Gasteiger partial charge < -0.3 is 14.6 Å². The highest BCUT2D eigenvalue weighted by Crippen LogP contribution is 2.60. The number of hydrogen-bond donors (Lipinski definition) is 1. The van der Waals surface area contributed by atoms with Gasteiger partial charge in [-0.2, -0.15) is 18.4 Å². The second-order valence-corrected chi connectivity index (χ2v) is 13.2. The molecule has 3 heterocycles. The van der Waals surface area contributed by atoms with Crippen molar-refractivity contribution in [1.82, 2.24) is 4.98 Å². The topological polar surface area (TPSA) is 75.4 Å². The van der Waals surface area contributed by atoms with Gasteiger partial charge >= 0.3 is 6.18 Å². The number of aliphatic hydroxyl groups excluding tert-OH is 1. The summed E-state index contributed by atoms with van der Waals surface area (Å²) in [6, 6.07) is 5.89. The number of nitrogens with zero attached hydrogens (tertiary/aromatic N) is 2. The summed E-state index contributed by atoms with van der Waals surface area (Å²) in [5, 5.41) is 21.5. The maximum atomic E-state index is 13.7. The highest BCUT2D eigenvalue weighted by atomic mass is 19.4. The van der Waals surface area contributed by atoms with Gasteiger partial charge in [0.05, 0.1) is 23.3 Å². The first-order valence-electron chi connectivity index (χ1n) is 15.3. The van der Waals surface area contributed by atoms with E-state index in [1.54, 1.807) is 6.07 Å². The van der Waals surface area contributed by atoms with Gasteiger partial charge in [-0.15, -0.1) is 0 Å². The zero-order valence-electron chi connectivity index (χ0n) is 23.4. The Labute approximate surface area is 239 Å². The van der Waals surface area contributed by atoms with E-state index in [0.717, 1.165) is 98.4 Å². The smallest absolute Gasteiger partial charge is 0.388 e. The monoisotopic (exact) mass is 566 g/mol. The van der Waals surface area contributed by atoms with Crippen LogP contribution in [0.3, 0.4) is 0 Å². The minimum atomic E-state index is -4.59. The average molecular weight is 567 g/mol. The first-order valence-corrected chi connectivity index (χ1v) is 15.3. The maximum Gasteiger partial charge on any atom is 0.417 e. The molecule has 7 rings (SSSR count). The molecule has 2 aromatic rings. The Balaban J connectivity index is 1.47. The molecule has 1 N–H and O–H groups in total. The van der Waals surface area contributed by atoms with Crippen molar-refractivity contribution in [2.24, 2.45) is 5.41 Å². The first kappa shape index (κ1) is 27.4. The fourth-order valence-corrected chi connectivity index (χ4v) is 8.78. The lowest BCUT2D eigenvalue weighted by Crippen LogP contribution is -2.44. The molecular weight excluding hydrogens is 529 g/mol. The van der Waals surface area contributed by atoms with Crippen molar-refractivity contribution >= 4 is 0 Å². The van der Waals surface area contributed by atoms with Gasteiger partial charge in [0, 0.05) is 60.6 Å². The molecule has 2 spiro atoms. The quantitative estimate of drug-likeness (QED) is 0.424. The van der Waals surface area contributed by atoms with Gasteiger partial charge in [-0.1, -0.05) is 12.5 Å². The van der Waals surface area contributed by atoms with E-state index in [2.05, 4.69) is 0 Å². The molecule has 0 bridgehead atoms. The van der Waals surface area contributed by atoms with Crippen molar-refractivity contribution in [3.63, 3.8) is 0 Å². The van der Waals surface area contributed by atoms with Crippen LogP contribution in [-0.2, 0) is 27.5 Å². The van der Waals surface area contributed by atoms with Crippen molar-refractivity contribution in [1.29, 1.82) is 5.26 Å². The van der Waals surface area contributed by atoms with E-state index in [4.69, 9.17) is 14.5 Å². The summed E-state index contributed by atoms with van der Waals surface area (Å²) >= 11 is 0. The minimum absolute atomic E-state index is 0.132. The Morgan fingerprint density at radius 1 is 0.951 bits per heavy atom. The minimum Gasteiger partial charge on any atom is -0.388 e. The van der Waals surface area contributed by atoms with Crippen LogP contribution in [0.1, 0.15) is 127 Å². The van der Waals surface area contributed by atoms with Crippen molar-refractivity contribution < 1.29 is 27.8 Å². The van der Waals surface area contributed by atoms with Gasteiger partial charge in [-0.25, -0.2) is 0 Å². The predicted molar refractivity (Wildman–Crippen MR) is 146 cm³/mol. The van der Waals surface area contributed by atoms with Crippen LogP contribution in [0.2, 0.25) is 0 Å². The van der Waals surface area contributed by atoms with E-state index in [0.29, 0.717) is 26.4 Å². The number of alkyl halides is 3. The third kappa shape index (κ3) is 4.51. The Kier molecular flexibility index (Phi) is 6.72. The van der Waals surface area contributed by atoms with Gasteiger partial charge in [0.25, 0.3) is 0 Å². The molecule has 2 saturated heterocycles. The Morgan fingerprint density at radius 2 is 1.68 bits per heavy atom. The molecule has 8 heteroatoms. The number of hydrogen-bond acceptors (Lipinski definition) is 5. The standard InChI is InChI=1S/C33H37F3N2O3/c34-33(35,36)24-3-2-21(16-22(24)19-37)23-4-9-32(10-14-41-15-11-32)29-27(23)30(20-5-12-40-13-6-20)38-25-17-31(7-1-8-31)18-26(39)28(25)29/h2-3,16,20,23,26,39H,1,4-15,17-18H2/t23-,26?/m1/s1. The van der Waals surface area contributed by atoms with Gasteiger partial charge in [0.1, 0.15) is 0 Å². The third-order valence-electron chi connectivity index (χ3n) is 11.0. The number of nitriles is 1. The summed E-state index contributed by atoms with van der Waals surface area (Å²) in [5.74, 6) is 0.0110. The highest BCUT2D eigenvalue weighted by molar-refractivity contribution is 5.56. The fraction of sp³-hybridized carbons (Fsp3) is 0.636. The van der Waals surface area contributed by atoms with E-state index >= 15 is 0 Å². The number of pyridine rings is 1. The Morgan fingerprint density at radius 3 is 2.34 bits per heavy atom. The lowest BCUT2D eigenvalue weighted by molar-refractivity contribution is -0.137. The average Bonchev–Trinajstić information content (AvgIpc) is 2.96. The number of rotatable bonds is 2. The van der Waals surface area contributed by atoms with Crippen LogP contribution in [-0.4, -0.2) is 36.5 Å². The van der Waals surface area contributed by atoms with Crippen LogP contribution in [0.15, 0.2) is 18.2 Å². The van der Waals surface area contributed by atoms with Crippen LogP contribution >= 0.6 is 0 Å². The second kappa shape index (κ2) is 10.1. The first-order chi connectivity index (χ1) is 19.7. The molecule has 3 aliphatic carbocycles. The van der Waals surface area contributed by atoms with Gasteiger partial charge in [0.2, 0.25) is 0 Å². The molecule has 2 atom stereocenters. The Hall–Kier alpha value is -2.47. The number of fused-ring (bicyclic) bond motifs is 4. The van der Waals surface area contributed by atoms with Gasteiger partial charge in [0.15, 0.2) is 0 Å². The molecule has 2 aliphatic heterocycles. The number of halogens is 3. The molecule has 1 unspecified atom stereocenters. The zero-order chi connectivity index (χ0) is 28.4. The summed E-state index contributed by atoms with van der Waals surface area (Å²) in [6.45, 7) is 2.64. The summed E-state index contributed by atoms with van der Waals surface area (Å²) in [4.78, 5) is 5.44. The number of aliphatic hydroxyl groups is 1. The van der Waals surface area contributed by atoms with Crippen molar-refractivity contribution in [2.45, 2.75) is 100 Å². The van der Waals surface area contributed by atoms with E-state index in [1.807, 2.05) is 6.07 Å². The van der Waals surface area contributed by atoms with Crippen LogP contribution in [0.4, 0.5) is 13.2 Å². The van der Waals surface area contributed by atoms with Crippen molar-refractivity contribution in [3.8, 4) is 6.07 Å². The molecule has 1 saturated carbocycles. The number of benzene rings is 1. The lowest BCUT2D eigenvalue weighted by atomic mass is 9.55. The number of ether oxygens (including phenoxy) is 2. The summed E-state index contributed by atoms with van der Waals surface area (Å²) in [6.07, 6.45) is 4.97. The van der Waals surface area contributed by atoms with E-state index in [1.165, 1.54) is 18.1 Å². The molecule has 41 heavy (non-hydrogen) atoms. The van der Waals surface area contributed by atoms with Crippen LogP contribution < -0.4 is 0 Å².